The summed E-state index contributed by atoms with van der Waals surface area (Å²) >= 11 is 6.80. The predicted molar refractivity (Wildman–Crippen MR) is 190 cm³/mol. The minimum Gasteiger partial charge on any atom is -0.456 e. The van der Waals surface area contributed by atoms with Gasteiger partial charge in [-0.05, 0) is 72.8 Å². The molecule has 0 saturated heterocycles. The van der Waals surface area contributed by atoms with Crippen molar-refractivity contribution in [2.24, 2.45) is 0 Å². The van der Waals surface area contributed by atoms with E-state index in [1.54, 1.807) is 0 Å². The van der Waals surface area contributed by atoms with Gasteiger partial charge in [0.2, 0.25) is 0 Å². The van der Waals surface area contributed by atoms with Gasteiger partial charge in [-0.15, -0.1) is 0 Å². The lowest BCUT2D eigenvalue weighted by molar-refractivity contribution is 0.445. The Morgan fingerprint density at radius 2 is 0.574 bits per heavy atom. The summed E-state index contributed by atoms with van der Waals surface area (Å²) in [6.07, 6.45) is 0. The Labute approximate surface area is 277 Å². The maximum atomic E-state index is 6.80. The summed E-state index contributed by atoms with van der Waals surface area (Å²) in [7, 11) is 0. The van der Waals surface area contributed by atoms with Gasteiger partial charge in [0.05, 0.1) is 22.0 Å². The molecule has 0 saturated carbocycles. The molecule has 0 aliphatic carbocycles. The third-order valence-corrected chi connectivity index (χ3v) is 13.0. The van der Waals surface area contributed by atoms with Crippen molar-refractivity contribution in [3.8, 4) is 70.0 Å². The van der Waals surface area contributed by atoms with Gasteiger partial charge in [0.15, 0.2) is 0 Å². The van der Waals surface area contributed by atoms with Crippen molar-refractivity contribution in [2.45, 2.75) is 0 Å². The second kappa shape index (κ2) is 10.8. The van der Waals surface area contributed by atoms with E-state index in [0.717, 1.165) is 49.3 Å². The Morgan fingerprint density at radius 1 is 0.340 bits per heavy atom. The first kappa shape index (κ1) is 27.4. The van der Waals surface area contributed by atoms with Gasteiger partial charge in [0.1, 0.15) is 34.5 Å². The fourth-order valence-electron chi connectivity index (χ4n) is 6.05. The van der Waals surface area contributed by atoms with E-state index in [4.69, 9.17) is 26.0 Å². The standard InChI is InChI=1S/C42H21O3PS/c47-46-40-34-22-31(19-16-28-10-4-1-5-11-28)23-35(40)44-37-25-33(21-18-30-14-8-3-9-15-30)27-39(42(37)46)45-38-26-32(24-36(43-34)41(38)46)20-17-29-12-6-2-7-13-29/h1-15,22-27H. The average Bonchev–Trinajstić information content (AvgIpc) is 3.09. The summed E-state index contributed by atoms with van der Waals surface area (Å²) < 4.78 is 20.0. The van der Waals surface area contributed by atoms with Crippen molar-refractivity contribution in [1.29, 1.82) is 0 Å². The van der Waals surface area contributed by atoms with Gasteiger partial charge in [0.25, 0.3) is 0 Å². The van der Waals surface area contributed by atoms with Crippen LogP contribution < -0.4 is 30.1 Å². The number of benzene rings is 6. The molecule has 3 nitrogen and oxygen atoms in total. The number of hydrogen-bond donors (Lipinski definition) is 0. The zero-order chi connectivity index (χ0) is 31.4. The lowest BCUT2D eigenvalue weighted by Crippen LogP contribution is -2.38. The Morgan fingerprint density at radius 3 is 0.830 bits per heavy atom. The third-order valence-electron chi connectivity index (χ3n) is 8.10. The molecule has 0 fully saturated rings. The minimum absolute atomic E-state index is 0.654. The second-order valence-electron chi connectivity index (χ2n) is 11.2. The van der Waals surface area contributed by atoms with Crippen LogP contribution in [0.1, 0.15) is 33.4 Å². The molecule has 0 aromatic heterocycles. The first-order valence-electron chi connectivity index (χ1n) is 15.0. The topological polar surface area (TPSA) is 27.7 Å². The van der Waals surface area contributed by atoms with Crippen molar-refractivity contribution in [1.82, 2.24) is 0 Å². The summed E-state index contributed by atoms with van der Waals surface area (Å²) in [6, 6.07) is 38.9. The van der Waals surface area contributed by atoms with Crippen LogP contribution in [0.25, 0.3) is 0 Å². The Kier molecular flexibility index (Phi) is 6.31. The molecular formula is C42H21O3PS. The molecule has 0 spiro atoms. The lowest BCUT2D eigenvalue weighted by Gasteiger charge is -2.41. The van der Waals surface area contributed by atoms with E-state index in [-0.39, 0.29) is 0 Å². The number of rotatable bonds is 0. The quantitative estimate of drug-likeness (QED) is 0.125. The monoisotopic (exact) mass is 636 g/mol. The van der Waals surface area contributed by atoms with Crippen LogP contribution in [-0.2, 0) is 11.8 Å². The number of ether oxygens (including phenoxy) is 3. The largest absolute Gasteiger partial charge is 0.456 e. The third kappa shape index (κ3) is 4.70. The van der Waals surface area contributed by atoms with Crippen LogP contribution in [0.4, 0.5) is 0 Å². The molecule has 0 N–H and O–H groups in total. The van der Waals surface area contributed by atoms with E-state index in [1.165, 1.54) is 0 Å². The first-order valence-corrected chi connectivity index (χ1v) is 17.8. The van der Waals surface area contributed by atoms with Crippen molar-refractivity contribution >= 4 is 33.8 Å². The normalized spacial score (nSPS) is 12.9. The van der Waals surface area contributed by atoms with Crippen molar-refractivity contribution in [2.75, 3.05) is 0 Å². The van der Waals surface area contributed by atoms with E-state index >= 15 is 0 Å². The van der Waals surface area contributed by atoms with Gasteiger partial charge >= 0.3 is 0 Å². The number of hydrogen-bond acceptors (Lipinski definition) is 4. The average molecular weight is 637 g/mol. The van der Waals surface area contributed by atoms with Crippen LogP contribution in [0.2, 0.25) is 0 Å². The van der Waals surface area contributed by atoms with Crippen LogP contribution >= 0.6 is 6.04 Å². The van der Waals surface area contributed by atoms with Crippen LogP contribution in [0, 0.1) is 35.5 Å². The molecule has 6 aromatic rings. The minimum atomic E-state index is -2.66. The zero-order valence-electron chi connectivity index (χ0n) is 24.7. The van der Waals surface area contributed by atoms with Crippen LogP contribution in [0.5, 0.6) is 34.5 Å². The van der Waals surface area contributed by atoms with Crippen LogP contribution in [-0.4, -0.2) is 0 Å². The van der Waals surface area contributed by atoms with E-state index in [1.807, 2.05) is 127 Å². The molecule has 3 aliphatic heterocycles. The molecule has 5 heteroatoms. The maximum Gasteiger partial charge on any atom is 0.141 e. The molecule has 9 rings (SSSR count). The van der Waals surface area contributed by atoms with Crippen LogP contribution in [0.15, 0.2) is 127 Å². The summed E-state index contributed by atoms with van der Waals surface area (Å²) in [5.74, 6) is 23.6. The Balaban J connectivity index is 1.25. The van der Waals surface area contributed by atoms with Gasteiger partial charge in [-0.2, -0.15) is 0 Å². The van der Waals surface area contributed by atoms with E-state index in [2.05, 4.69) is 35.5 Å². The highest BCUT2D eigenvalue weighted by Crippen LogP contribution is 2.64. The molecule has 0 bridgehead atoms. The SMILES string of the molecule is S=P12c3c4cc(C#Cc5ccccc5)cc3Oc3cc(C#Cc5ccccc5)cc(c31)Oc1cc(C#Cc3ccccc3)cc(c12)O4. The molecule has 3 heterocycles. The smallest absolute Gasteiger partial charge is 0.141 e. The van der Waals surface area contributed by atoms with E-state index in [0.29, 0.717) is 34.5 Å². The highest BCUT2D eigenvalue weighted by Gasteiger charge is 2.49. The van der Waals surface area contributed by atoms with Crippen LogP contribution in [0.3, 0.4) is 0 Å². The molecule has 0 unspecified atom stereocenters. The van der Waals surface area contributed by atoms with Crippen molar-refractivity contribution in [3.05, 3.63) is 161 Å². The van der Waals surface area contributed by atoms with Crippen molar-refractivity contribution in [3.63, 3.8) is 0 Å². The fraction of sp³-hybridized carbons (Fsp3) is 0. The summed E-state index contributed by atoms with van der Waals surface area (Å²) in [5.41, 5.74) is 5.07. The maximum absolute atomic E-state index is 6.80. The molecule has 0 atom stereocenters. The highest BCUT2D eigenvalue weighted by molar-refractivity contribution is 8.26. The van der Waals surface area contributed by atoms with Gasteiger partial charge in [-0.3, -0.25) is 0 Å². The molecule has 0 radical (unpaired) electrons. The summed E-state index contributed by atoms with van der Waals surface area (Å²) in [5, 5.41) is 2.65. The fourth-order valence-corrected chi connectivity index (χ4v) is 10.9. The van der Waals surface area contributed by atoms with Gasteiger partial charge in [0, 0.05) is 33.4 Å². The Hall–Kier alpha value is -5.95. The van der Waals surface area contributed by atoms with Gasteiger partial charge in [-0.1, -0.05) is 102 Å². The highest BCUT2D eigenvalue weighted by atomic mass is 32.4. The first-order chi connectivity index (χ1) is 23.1. The summed E-state index contributed by atoms with van der Waals surface area (Å²) in [6.45, 7) is 0. The molecule has 47 heavy (non-hydrogen) atoms. The van der Waals surface area contributed by atoms with Gasteiger partial charge < -0.3 is 14.2 Å². The molecule has 0 amide bonds. The van der Waals surface area contributed by atoms with Crippen molar-refractivity contribution < 1.29 is 14.2 Å². The van der Waals surface area contributed by atoms with E-state index < -0.39 is 6.04 Å². The molecule has 6 aromatic carbocycles. The molecule has 3 aliphatic rings. The molecule has 218 valence electrons. The Bertz CT molecular complexity index is 2170. The second-order valence-corrected chi connectivity index (χ2v) is 15.4. The lowest BCUT2D eigenvalue weighted by atomic mass is 10.1. The predicted octanol–water partition coefficient (Wildman–Crippen LogP) is 7.96. The zero-order valence-corrected chi connectivity index (χ0v) is 26.4. The van der Waals surface area contributed by atoms with Gasteiger partial charge in [-0.25, -0.2) is 0 Å². The van der Waals surface area contributed by atoms with E-state index in [9.17, 15) is 0 Å². The summed E-state index contributed by atoms with van der Waals surface area (Å²) in [4.78, 5) is 0. The molecular weight excluding hydrogens is 616 g/mol.